The van der Waals surface area contributed by atoms with E-state index >= 15 is 0 Å². The minimum atomic E-state index is -1.36. The molecule has 0 aromatic heterocycles. The van der Waals surface area contributed by atoms with Crippen LogP contribution in [0.5, 0.6) is 0 Å². The highest BCUT2D eigenvalue weighted by Crippen LogP contribution is 2.27. The van der Waals surface area contributed by atoms with E-state index in [2.05, 4.69) is 0 Å². The quantitative estimate of drug-likeness (QED) is 0.765. The lowest BCUT2D eigenvalue weighted by atomic mass is 9.92. The van der Waals surface area contributed by atoms with Gasteiger partial charge >= 0.3 is 0 Å². The average Bonchev–Trinajstić information content (AvgIpc) is 2.01. The van der Waals surface area contributed by atoms with Crippen molar-refractivity contribution in [3.05, 3.63) is 35.4 Å². The predicted molar refractivity (Wildman–Crippen MR) is 49.6 cm³/mol. The molecule has 0 aliphatic heterocycles. The molecular weight excluding hydrogens is 188 g/mol. The molecule has 0 heterocycles. The van der Waals surface area contributed by atoms with Gasteiger partial charge in [-0.3, -0.25) is 0 Å². The van der Waals surface area contributed by atoms with Crippen LogP contribution in [0.1, 0.15) is 25.5 Å². The van der Waals surface area contributed by atoms with Crippen LogP contribution < -0.4 is 5.73 Å². The van der Waals surface area contributed by atoms with Crippen LogP contribution in [-0.4, -0.2) is 10.6 Å². The summed E-state index contributed by atoms with van der Waals surface area (Å²) in [4.78, 5) is 0. The predicted octanol–water partition coefficient (Wildman–Crippen LogP) is 1.74. The largest absolute Gasteiger partial charge is 0.386 e. The molecule has 2 nitrogen and oxygen atoms in total. The summed E-state index contributed by atoms with van der Waals surface area (Å²) in [6.07, 6.45) is -1.36. The first kappa shape index (κ1) is 11.1. The SMILES string of the molecule is CC(C)(N)C(O)c1c(F)cccc1F. The first-order valence-electron chi connectivity index (χ1n) is 4.25. The maximum Gasteiger partial charge on any atom is 0.132 e. The molecule has 1 aromatic rings. The van der Waals surface area contributed by atoms with Crippen molar-refractivity contribution in [2.45, 2.75) is 25.5 Å². The number of halogens is 2. The molecule has 0 bridgehead atoms. The molecule has 1 aromatic carbocycles. The zero-order valence-corrected chi connectivity index (χ0v) is 8.09. The number of rotatable bonds is 2. The van der Waals surface area contributed by atoms with Crippen LogP contribution in [0.15, 0.2) is 18.2 Å². The first-order chi connectivity index (χ1) is 6.34. The van der Waals surface area contributed by atoms with Crippen LogP contribution in [0.25, 0.3) is 0 Å². The van der Waals surface area contributed by atoms with Gasteiger partial charge in [-0.2, -0.15) is 0 Å². The second-order valence-electron chi connectivity index (χ2n) is 3.86. The number of hydrogen-bond acceptors (Lipinski definition) is 2. The fourth-order valence-electron chi connectivity index (χ4n) is 1.14. The third kappa shape index (κ3) is 2.08. The van der Waals surface area contributed by atoms with Gasteiger partial charge < -0.3 is 10.8 Å². The molecule has 0 aliphatic carbocycles. The van der Waals surface area contributed by atoms with Crippen LogP contribution in [0, 0.1) is 11.6 Å². The standard InChI is InChI=1S/C10H13F2NO/c1-10(2,13)9(14)8-6(11)4-3-5-7(8)12/h3-5,9,14H,13H2,1-2H3. The van der Waals surface area contributed by atoms with Gasteiger partial charge in [0, 0.05) is 5.54 Å². The fraction of sp³-hybridized carbons (Fsp3) is 0.400. The van der Waals surface area contributed by atoms with Gasteiger partial charge in [0.2, 0.25) is 0 Å². The summed E-state index contributed by atoms with van der Waals surface area (Å²) in [6.45, 7) is 3.01. The molecule has 0 fully saturated rings. The average molecular weight is 201 g/mol. The van der Waals surface area contributed by atoms with E-state index in [0.29, 0.717) is 0 Å². The van der Waals surface area contributed by atoms with E-state index in [1.807, 2.05) is 0 Å². The highest BCUT2D eigenvalue weighted by molar-refractivity contribution is 5.24. The number of benzene rings is 1. The summed E-state index contributed by atoms with van der Waals surface area (Å²) in [6, 6.07) is 3.42. The topological polar surface area (TPSA) is 46.2 Å². The minimum absolute atomic E-state index is 0.375. The number of aliphatic hydroxyl groups is 1. The van der Waals surface area contributed by atoms with Crippen molar-refractivity contribution in [3.63, 3.8) is 0 Å². The highest BCUT2D eigenvalue weighted by Gasteiger charge is 2.29. The van der Waals surface area contributed by atoms with Crippen molar-refractivity contribution < 1.29 is 13.9 Å². The zero-order chi connectivity index (χ0) is 10.9. The van der Waals surface area contributed by atoms with E-state index in [1.165, 1.54) is 19.9 Å². The Bertz CT molecular complexity index is 313. The molecule has 1 rings (SSSR count). The third-order valence-electron chi connectivity index (χ3n) is 1.98. The van der Waals surface area contributed by atoms with E-state index in [1.54, 1.807) is 0 Å². The Labute approximate surface area is 81.4 Å². The zero-order valence-electron chi connectivity index (χ0n) is 8.09. The number of hydrogen-bond donors (Lipinski definition) is 2. The van der Waals surface area contributed by atoms with Crippen LogP contribution >= 0.6 is 0 Å². The van der Waals surface area contributed by atoms with Crippen LogP contribution in [0.2, 0.25) is 0 Å². The third-order valence-corrected chi connectivity index (χ3v) is 1.98. The molecule has 0 radical (unpaired) electrons. The van der Waals surface area contributed by atoms with Crippen molar-refractivity contribution >= 4 is 0 Å². The molecule has 78 valence electrons. The molecular formula is C10H13F2NO. The Balaban J connectivity index is 3.19. The Morgan fingerprint density at radius 1 is 1.29 bits per heavy atom. The van der Waals surface area contributed by atoms with Crippen LogP contribution in [-0.2, 0) is 0 Å². The van der Waals surface area contributed by atoms with Crippen molar-refractivity contribution in [1.82, 2.24) is 0 Å². The minimum Gasteiger partial charge on any atom is -0.386 e. The molecule has 0 spiro atoms. The summed E-state index contributed by atoms with van der Waals surface area (Å²) < 4.78 is 26.4. The highest BCUT2D eigenvalue weighted by atomic mass is 19.1. The van der Waals surface area contributed by atoms with Gasteiger partial charge in [-0.05, 0) is 26.0 Å². The van der Waals surface area contributed by atoms with Crippen LogP contribution in [0.4, 0.5) is 8.78 Å². The van der Waals surface area contributed by atoms with E-state index in [9.17, 15) is 13.9 Å². The molecule has 1 unspecified atom stereocenters. The lowest BCUT2D eigenvalue weighted by Crippen LogP contribution is -2.40. The van der Waals surface area contributed by atoms with Gasteiger partial charge in [-0.1, -0.05) is 6.07 Å². The fourth-order valence-corrected chi connectivity index (χ4v) is 1.14. The maximum absolute atomic E-state index is 13.2. The number of nitrogens with two attached hydrogens (primary N) is 1. The van der Waals surface area contributed by atoms with Crippen molar-refractivity contribution in [1.29, 1.82) is 0 Å². The van der Waals surface area contributed by atoms with Crippen molar-refractivity contribution in [2.24, 2.45) is 5.73 Å². The lowest BCUT2D eigenvalue weighted by molar-refractivity contribution is 0.0968. The van der Waals surface area contributed by atoms with Gasteiger partial charge in [0.05, 0.1) is 5.56 Å². The van der Waals surface area contributed by atoms with Crippen molar-refractivity contribution in [3.8, 4) is 0 Å². The molecule has 0 saturated heterocycles. The molecule has 3 N–H and O–H groups in total. The maximum atomic E-state index is 13.2. The van der Waals surface area contributed by atoms with Gasteiger partial charge in [0.15, 0.2) is 0 Å². The van der Waals surface area contributed by atoms with E-state index in [-0.39, 0.29) is 5.56 Å². The smallest absolute Gasteiger partial charge is 0.132 e. The second kappa shape index (κ2) is 3.63. The molecule has 0 saturated carbocycles. The molecule has 0 amide bonds. The second-order valence-corrected chi connectivity index (χ2v) is 3.86. The molecule has 14 heavy (non-hydrogen) atoms. The van der Waals surface area contributed by atoms with Gasteiger partial charge in [0.1, 0.15) is 17.7 Å². The van der Waals surface area contributed by atoms with Crippen molar-refractivity contribution in [2.75, 3.05) is 0 Å². The summed E-state index contributed by atoms with van der Waals surface area (Å²) >= 11 is 0. The Hall–Kier alpha value is -1.00. The van der Waals surface area contributed by atoms with Gasteiger partial charge in [0.25, 0.3) is 0 Å². The summed E-state index contributed by atoms with van der Waals surface area (Å²) in [5, 5.41) is 9.61. The molecule has 4 heteroatoms. The summed E-state index contributed by atoms with van der Waals surface area (Å²) in [5.74, 6) is -1.56. The number of aliphatic hydroxyl groups excluding tert-OH is 1. The van der Waals surface area contributed by atoms with Gasteiger partial charge in [-0.15, -0.1) is 0 Å². The lowest BCUT2D eigenvalue weighted by Gasteiger charge is -2.26. The molecule has 0 aliphatic rings. The Morgan fingerprint density at radius 3 is 2.07 bits per heavy atom. The normalized spacial score (nSPS) is 14.1. The summed E-state index contributed by atoms with van der Waals surface area (Å²) in [7, 11) is 0. The van der Waals surface area contributed by atoms with E-state index < -0.39 is 23.3 Å². The molecule has 1 atom stereocenters. The first-order valence-corrected chi connectivity index (χ1v) is 4.25. The van der Waals surface area contributed by atoms with Crippen LogP contribution in [0.3, 0.4) is 0 Å². The van der Waals surface area contributed by atoms with E-state index in [0.717, 1.165) is 12.1 Å². The van der Waals surface area contributed by atoms with E-state index in [4.69, 9.17) is 5.73 Å². The Morgan fingerprint density at radius 2 is 1.71 bits per heavy atom. The Kier molecular flexibility index (Phi) is 2.87. The summed E-state index contributed by atoms with van der Waals surface area (Å²) in [5.41, 5.74) is 4.11. The van der Waals surface area contributed by atoms with Gasteiger partial charge in [-0.25, -0.2) is 8.78 Å². The monoisotopic (exact) mass is 201 g/mol.